The third kappa shape index (κ3) is 3.90. The number of rotatable bonds is 5. The fraction of sp³-hybridized carbons (Fsp3) is 0.588. The smallest absolute Gasteiger partial charge is 0.251 e. The lowest BCUT2D eigenvalue weighted by Gasteiger charge is -2.18. The van der Waals surface area contributed by atoms with Crippen LogP contribution in [0.4, 0.5) is 0 Å². The van der Waals surface area contributed by atoms with Gasteiger partial charge in [-0.05, 0) is 49.8 Å². The molecule has 0 spiro atoms. The highest BCUT2D eigenvalue weighted by Crippen LogP contribution is 2.37. The Hall–Kier alpha value is -1.71. The van der Waals surface area contributed by atoms with Crippen LogP contribution in [0.2, 0.25) is 0 Å². The van der Waals surface area contributed by atoms with Gasteiger partial charge in [-0.3, -0.25) is 4.79 Å². The van der Waals surface area contributed by atoms with Gasteiger partial charge in [-0.1, -0.05) is 13.8 Å². The molecule has 1 unspecified atom stereocenters. The first-order chi connectivity index (χ1) is 9.95. The Morgan fingerprint density at radius 2 is 2.14 bits per heavy atom. The van der Waals surface area contributed by atoms with Crippen molar-refractivity contribution in [3.8, 4) is 11.5 Å². The van der Waals surface area contributed by atoms with Gasteiger partial charge in [-0.15, -0.1) is 0 Å². The molecule has 4 heteroatoms. The first-order valence-electron chi connectivity index (χ1n) is 7.57. The predicted octanol–water partition coefficient (Wildman–Crippen LogP) is 3.40. The fourth-order valence-corrected chi connectivity index (χ4v) is 2.91. The summed E-state index contributed by atoms with van der Waals surface area (Å²) < 4.78 is 10.8. The van der Waals surface area contributed by atoms with Crippen LogP contribution >= 0.6 is 0 Å². The lowest BCUT2D eigenvalue weighted by atomic mass is 9.92. The molecule has 0 aromatic heterocycles. The highest BCUT2D eigenvalue weighted by Gasteiger charge is 2.31. The third-order valence-electron chi connectivity index (χ3n) is 4.03. The predicted molar refractivity (Wildman–Crippen MR) is 83.0 cm³/mol. The van der Waals surface area contributed by atoms with Crippen LogP contribution in [0.15, 0.2) is 18.2 Å². The van der Waals surface area contributed by atoms with E-state index in [0.29, 0.717) is 29.1 Å². The fourth-order valence-electron chi connectivity index (χ4n) is 2.91. The van der Waals surface area contributed by atoms with Crippen molar-refractivity contribution < 1.29 is 14.3 Å². The molecule has 1 amide bonds. The number of carbonyl (C=O) groups excluding carboxylic acids is 1. The second-order valence-electron chi connectivity index (χ2n) is 6.38. The molecule has 0 saturated heterocycles. The standard InChI is InChI=1S/C17H25NO3/c1-5-21-14-7-6-12(10-15(14)20-4)16(19)18-13-8-9-17(2,3)11-13/h6-7,10,13H,5,8-9,11H2,1-4H3,(H,18,19). The molecular weight excluding hydrogens is 266 g/mol. The van der Waals surface area contributed by atoms with Crippen molar-refractivity contribution in [2.75, 3.05) is 13.7 Å². The van der Waals surface area contributed by atoms with Crippen molar-refractivity contribution in [3.63, 3.8) is 0 Å². The third-order valence-corrected chi connectivity index (χ3v) is 4.03. The Balaban J connectivity index is 2.06. The summed E-state index contributed by atoms with van der Waals surface area (Å²) >= 11 is 0. The Kier molecular flexibility index (Phi) is 4.76. The van der Waals surface area contributed by atoms with Gasteiger partial charge in [-0.25, -0.2) is 0 Å². The van der Waals surface area contributed by atoms with Gasteiger partial charge in [-0.2, -0.15) is 0 Å². The molecule has 0 heterocycles. The number of ether oxygens (including phenoxy) is 2. The van der Waals surface area contributed by atoms with E-state index in [2.05, 4.69) is 19.2 Å². The van der Waals surface area contributed by atoms with Crippen molar-refractivity contribution >= 4 is 5.91 Å². The van der Waals surface area contributed by atoms with Crippen LogP contribution in [0.3, 0.4) is 0 Å². The highest BCUT2D eigenvalue weighted by atomic mass is 16.5. The minimum atomic E-state index is -0.0425. The zero-order valence-electron chi connectivity index (χ0n) is 13.4. The summed E-state index contributed by atoms with van der Waals surface area (Å²) in [7, 11) is 1.58. The number of carbonyl (C=O) groups is 1. The molecule has 1 aromatic rings. The maximum Gasteiger partial charge on any atom is 0.251 e. The first kappa shape index (κ1) is 15.7. The molecule has 0 aliphatic heterocycles. The van der Waals surface area contributed by atoms with E-state index in [4.69, 9.17) is 9.47 Å². The largest absolute Gasteiger partial charge is 0.493 e. The second-order valence-corrected chi connectivity index (χ2v) is 6.38. The molecular formula is C17H25NO3. The second kappa shape index (κ2) is 6.37. The van der Waals surface area contributed by atoms with Crippen molar-refractivity contribution in [3.05, 3.63) is 23.8 Å². The average molecular weight is 291 g/mol. The van der Waals surface area contributed by atoms with E-state index in [1.165, 1.54) is 0 Å². The monoisotopic (exact) mass is 291 g/mol. The van der Waals surface area contributed by atoms with E-state index in [-0.39, 0.29) is 11.9 Å². The van der Waals surface area contributed by atoms with E-state index < -0.39 is 0 Å². The summed E-state index contributed by atoms with van der Waals surface area (Å²) in [6.45, 7) is 6.99. The molecule has 1 fully saturated rings. The minimum absolute atomic E-state index is 0.0425. The van der Waals surface area contributed by atoms with Crippen LogP contribution in [-0.4, -0.2) is 25.7 Å². The van der Waals surface area contributed by atoms with E-state index in [0.717, 1.165) is 19.3 Å². The number of hydrogen-bond donors (Lipinski definition) is 1. The first-order valence-corrected chi connectivity index (χ1v) is 7.57. The molecule has 2 rings (SSSR count). The quantitative estimate of drug-likeness (QED) is 0.904. The summed E-state index contributed by atoms with van der Waals surface area (Å²) in [6, 6.07) is 5.57. The minimum Gasteiger partial charge on any atom is -0.493 e. The molecule has 1 aliphatic rings. The summed E-state index contributed by atoms with van der Waals surface area (Å²) in [4.78, 5) is 12.3. The van der Waals surface area contributed by atoms with Crippen LogP contribution in [0, 0.1) is 5.41 Å². The number of hydrogen-bond acceptors (Lipinski definition) is 3. The Morgan fingerprint density at radius 3 is 2.71 bits per heavy atom. The number of amides is 1. The van der Waals surface area contributed by atoms with Gasteiger partial charge in [0.2, 0.25) is 0 Å². The Morgan fingerprint density at radius 1 is 1.38 bits per heavy atom. The zero-order chi connectivity index (χ0) is 15.5. The number of nitrogens with one attached hydrogen (secondary N) is 1. The van der Waals surface area contributed by atoms with Crippen LogP contribution < -0.4 is 14.8 Å². The molecule has 1 N–H and O–H groups in total. The summed E-state index contributed by atoms with van der Waals surface area (Å²) in [5.41, 5.74) is 0.939. The van der Waals surface area contributed by atoms with Crippen molar-refractivity contribution in [1.82, 2.24) is 5.32 Å². The van der Waals surface area contributed by atoms with Crippen molar-refractivity contribution in [1.29, 1.82) is 0 Å². The van der Waals surface area contributed by atoms with E-state index >= 15 is 0 Å². The van der Waals surface area contributed by atoms with Crippen molar-refractivity contribution in [2.24, 2.45) is 5.41 Å². The molecule has 1 saturated carbocycles. The maximum atomic E-state index is 12.3. The van der Waals surface area contributed by atoms with Crippen LogP contribution in [-0.2, 0) is 0 Å². The van der Waals surface area contributed by atoms with Gasteiger partial charge in [0, 0.05) is 11.6 Å². The molecule has 21 heavy (non-hydrogen) atoms. The Bertz CT molecular complexity index is 511. The van der Waals surface area contributed by atoms with Crippen LogP contribution in [0.1, 0.15) is 50.4 Å². The number of methoxy groups -OCH3 is 1. The molecule has 1 aromatic carbocycles. The highest BCUT2D eigenvalue weighted by molar-refractivity contribution is 5.95. The summed E-state index contributed by atoms with van der Waals surface area (Å²) in [5, 5.41) is 3.12. The van der Waals surface area contributed by atoms with E-state index in [9.17, 15) is 4.79 Å². The lowest BCUT2D eigenvalue weighted by Crippen LogP contribution is -2.33. The summed E-state index contributed by atoms with van der Waals surface area (Å²) in [5.74, 6) is 1.22. The van der Waals surface area contributed by atoms with Crippen LogP contribution in [0.5, 0.6) is 11.5 Å². The molecule has 116 valence electrons. The van der Waals surface area contributed by atoms with Gasteiger partial charge in [0.05, 0.1) is 13.7 Å². The topological polar surface area (TPSA) is 47.6 Å². The van der Waals surface area contributed by atoms with Gasteiger partial charge >= 0.3 is 0 Å². The van der Waals surface area contributed by atoms with Gasteiger partial charge in [0.1, 0.15) is 0 Å². The van der Waals surface area contributed by atoms with Crippen LogP contribution in [0.25, 0.3) is 0 Å². The molecule has 0 bridgehead atoms. The van der Waals surface area contributed by atoms with Gasteiger partial charge < -0.3 is 14.8 Å². The van der Waals surface area contributed by atoms with Gasteiger partial charge in [0.15, 0.2) is 11.5 Å². The molecule has 1 aliphatic carbocycles. The molecule has 0 radical (unpaired) electrons. The van der Waals surface area contributed by atoms with Crippen molar-refractivity contribution in [2.45, 2.75) is 46.1 Å². The Labute approximate surface area is 126 Å². The lowest BCUT2D eigenvalue weighted by molar-refractivity contribution is 0.0935. The zero-order valence-corrected chi connectivity index (χ0v) is 13.4. The number of benzene rings is 1. The normalized spacial score (nSPS) is 20.1. The van der Waals surface area contributed by atoms with Gasteiger partial charge in [0.25, 0.3) is 5.91 Å². The van der Waals surface area contributed by atoms with E-state index in [1.54, 1.807) is 25.3 Å². The molecule has 1 atom stereocenters. The average Bonchev–Trinajstić information content (AvgIpc) is 2.78. The van der Waals surface area contributed by atoms with E-state index in [1.807, 2.05) is 6.92 Å². The summed E-state index contributed by atoms with van der Waals surface area (Å²) in [6.07, 6.45) is 3.24. The molecule has 4 nitrogen and oxygen atoms in total. The maximum absolute atomic E-state index is 12.3. The SMILES string of the molecule is CCOc1ccc(C(=O)NC2CCC(C)(C)C2)cc1OC.